The summed E-state index contributed by atoms with van der Waals surface area (Å²) in [4.78, 5) is 20.5. The smallest absolute Gasteiger partial charge is 0.459 e. The lowest BCUT2D eigenvalue weighted by molar-refractivity contribution is -0.145. The van der Waals surface area contributed by atoms with Gasteiger partial charge in [0.25, 0.3) is 0 Å². The Bertz CT molecular complexity index is 1880. The highest BCUT2D eigenvalue weighted by atomic mass is 31.2. The zero-order valence-corrected chi connectivity index (χ0v) is 26.6. The lowest BCUT2D eigenvalue weighted by Gasteiger charge is -2.29. The van der Waals surface area contributed by atoms with Gasteiger partial charge in [0, 0.05) is 29.4 Å². The number of hydrogen-bond acceptors (Lipinski definition) is 10. The number of benzene rings is 2. The average molecular weight is 649 g/mol. The molecule has 0 saturated carbocycles. The third-order valence-electron chi connectivity index (χ3n) is 8.51. The first-order valence-electron chi connectivity index (χ1n) is 15.0. The Hall–Kier alpha value is -4.26. The van der Waals surface area contributed by atoms with Crippen molar-refractivity contribution in [1.29, 1.82) is 0 Å². The molecular formula is C32H37N6O7P. The SMILES string of the molecule is CCOC(=O)[C@H](Cc1c[nH]c2ccccc12)NP(=O)(OC[C@H]1O[C@@](C)(c2ccc3c(N)ncnn23)[C@@H](C)[C@@H]1O)Oc1ccccc1. The van der Waals surface area contributed by atoms with Crippen LogP contribution < -0.4 is 15.3 Å². The molecule has 46 heavy (non-hydrogen) atoms. The number of carbonyl (C=O) groups excluding carboxylic acids is 1. The molecule has 1 saturated heterocycles. The number of esters is 1. The van der Waals surface area contributed by atoms with E-state index in [9.17, 15) is 14.5 Å². The van der Waals surface area contributed by atoms with Gasteiger partial charge in [0.05, 0.1) is 25.0 Å². The van der Waals surface area contributed by atoms with Crippen LogP contribution in [0.4, 0.5) is 5.82 Å². The van der Waals surface area contributed by atoms with E-state index in [1.807, 2.05) is 44.2 Å². The molecule has 1 fully saturated rings. The van der Waals surface area contributed by atoms with Crippen molar-refractivity contribution < 1.29 is 33.0 Å². The number of aliphatic hydroxyl groups is 1. The quantitative estimate of drug-likeness (QED) is 0.112. The van der Waals surface area contributed by atoms with E-state index >= 15 is 0 Å². The molecule has 0 aliphatic carbocycles. The van der Waals surface area contributed by atoms with E-state index in [1.165, 1.54) is 6.33 Å². The largest absolute Gasteiger partial charge is 0.465 e. The summed E-state index contributed by atoms with van der Waals surface area (Å²) >= 11 is 0. The van der Waals surface area contributed by atoms with E-state index in [-0.39, 0.29) is 25.4 Å². The molecule has 1 unspecified atom stereocenters. The molecule has 6 atom stereocenters. The first kappa shape index (κ1) is 31.7. The van der Waals surface area contributed by atoms with Gasteiger partial charge < -0.3 is 29.8 Å². The molecular weight excluding hydrogens is 611 g/mol. The van der Waals surface area contributed by atoms with Crippen LogP contribution in [0.1, 0.15) is 32.0 Å². The second-order valence-electron chi connectivity index (χ2n) is 11.4. The molecule has 0 bridgehead atoms. The fraction of sp³-hybridized carbons (Fsp3) is 0.344. The van der Waals surface area contributed by atoms with E-state index in [0.29, 0.717) is 17.0 Å². The van der Waals surface area contributed by atoms with Crippen LogP contribution in [0.5, 0.6) is 5.75 Å². The van der Waals surface area contributed by atoms with Crippen molar-refractivity contribution in [2.75, 3.05) is 18.9 Å². The Kier molecular flexibility index (Phi) is 8.86. The number of aromatic nitrogens is 4. The van der Waals surface area contributed by atoms with E-state index in [0.717, 1.165) is 16.5 Å². The van der Waals surface area contributed by atoms with Crippen LogP contribution >= 0.6 is 7.75 Å². The minimum atomic E-state index is -4.29. The summed E-state index contributed by atoms with van der Waals surface area (Å²) < 4.78 is 39.8. The molecule has 1 aliphatic heterocycles. The molecule has 14 heteroatoms. The Morgan fingerprint density at radius 2 is 1.96 bits per heavy atom. The van der Waals surface area contributed by atoms with Crippen LogP contribution in [0.3, 0.4) is 0 Å². The number of carbonyl (C=O) groups is 1. The van der Waals surface area contributed by atoms with E-state index in [1.54, 1.807) is 54.0 Å². The molecule has 3 aromatic heterocycles. The van der Waals surface area contributed by atoms with Crippen molar-refractivity contribution in [2.24, 2.45) is 5.92 Å². The van der Waals surface area contributed by atoms with Crippen molar-refractivity contribution in [3.63, 3.8) is 0 Å². The summed E-state index contributed by atoms with van der Waals surface area (Å²) in [6.07, 6.45) is 1.38. The molecule has 0 radical (unpaired) electrons. The molecule has 1 aliphatic rings. The number of nitrogens with one attached hydrogen (secondary N) is 2. The van der Waals surface area contributed by atoms with Gasteiger partial charge in [-0.05, 0) is 49.7 Å². The van der Waals surface area contributed by atoms with Crippen molar-refractivity contribution in [3.8, 4) is 5.75 Å². The topological polar surface area (TPSA) is 175 Å². The summed E-state index contributed by atoms with van der Waals surface area (Å²) in [5.74, 6) is -0.472. The minimum absolute atomic E-state index is 0.124. The molecule has 0 spiro atoms. The first-order valence-corrected chi connectivity index (χ1v) is 16.6. The summed E-state index contributed by atoms with van der Waals surface area (Å²) in [5, 5.41) is 19.4. The van der Waals surface area contributed by atoms with Gasteiger partial charge in [-0.15, -0.1) is 0 Å². The van der Waals surface area contributed by atoms with Gasteiger partial charge in [-0.2, -0.15) is 10.2 Å². The number of para-hydroxylation sites is 2. The predicted molar refractivity (Wildman–Crippen MR) is 171 cm³/mol. The number of nitrogens with two attached hydrogens (primary N) is 1. The van der Waals surface area contributed by atoms with E-state index in [2.05, 4.69) is 20.2 Å². The monoisotopic (exact) mass is 648 g/mol. The third kappa shape index (κ3) is 6.12. The highest BCUT2D eigenvalue weighted by Gasteiger charge is 2.52. The molecule has 2 aromatic carbocycles. The zero-order valence-electron chi connectivity index (χ0n) is 25.7. The molecule has 13 nitrogen and oxygen atoms in total. The molecule has 5 N–H and O–H groups in total. The number of ether oxygens (including phenoxy) is 2. The van der Waals surface area contributed by atoms with Crippen molar-refractivity contribution in [3.05, 3.63) is 90.5 Å². The van der Waals surface area contributed by atoms with Crippen molar-refractivity contribution in [1.82, 2.24) is 24.7 Å². The van der Waals surface area contributed by atoms with Gasteiger partial charge in [0.2, 0.25) is 0 Å². The Morgan fingerprint density at radius 1 is 1.20 bits per heavy atom. The second-order valence-corrected chi connectivity index (χ2v) is 13.1. The predicted octanol–water partition coefficient (Wildman–Crippen LogP) is 4.37. The molecule has 5 aromatic rings. The number of nitrogens with zero attached hydrogens (tertiary/aromatic N) is 3. The lowest BCUT2D eigenvalue weighted by Crippen LogP contribution is -2.40. The summed E-state index contributed by atoms with van der Waals surface area (Å²) in [7, 11) is -4.29. The van der Waals surface area contributed by atoms with Gasteiger partial charge in [-0.1, -0.05) is 43.3 Å². The van der Waals surface area contributed by atoms with E-state index in [4.69, 9.17) is 24.3 Å². The summed E-state index contributed by atoms with van der Waals surface area (Å²) in [6.45, 7) is 5.20. The first-order chi connectivity index (χ1) is 22.1. The van der Waals surface area contributed by atoms with E-state index < -0.39 is 43.5 Å². The van der Waals surface area contributed by atoms with Crippen LogP contribution in [-0.2, 0) is 35.4 Å². The highest BCUT2D eigenvalue weighted by molar-refractivity contribution is 7.52. The fourth-order valence-corrected chi connectivity index (χ4v) is 7.41. The number of nitrogen functional groups attached to an aromatic ring is 1. The van der Waals surface area contributed by atoms with Crippen LogP contribution in [0.25, 0.3) is 16.4 Å². The maximum absolute atomic E-state index is 14.5. The normalized spacial score (nSPS) is 23.3. The molecule has 242 valence electrons. The molecule has 4 heterocycles. The minimum Gasteiger partial charge on any atom is -0.465 e. The average Bonchev–Trinajstić information content (AvgIpc) is 3.73. The fourth-order valence-electron chi connectivity index (χ4n) is 5.91. The molecule has 6 rings (SSSR count). The van der Waals surface area contributed by atoms with Gasteiger partial charge >= 0.3 is 13.7 Å². The zero-order chi connectivity index (χ0) is 32.5. The number of aliphatic hydroxyl groups excluding tert-OH is 1. The maximum Gasteiger partial charge on any atom is 0.459 e. The third-order valence-corrected chi connectivity index (χ3v) is 10.1. The summed E-state index contributed by atoms with van der Waals surface area (Å²) in [5.41, 5.74) is 8.01. The van der Waals surface area contributed by atoms with Gasteiger partial charge in [-0.3, -0.25) is 9.32 Å². The number of rotatable bonds is 12. The standard InChI is InChI=1S/C32H37N6O7P/c1-4-42-31(40)25(16-21-17-34-24-13-9-8-12-23(21)24)37-46(41,45-22-10-6-5-7-11-22)43-18-27-29(39)20(2)32(3,44-27)28-15-14-26-30(33)35-19-36-38(26)28/h5-15,17,19-20,25,27,29,34,39H,4,16,18H2,1-3H3,(H,37,41)(H2,33,35,36)/t20-,25-,27+,29-,32+,46?/m0/s1. The number of aromatic amines is 1. The Labute approximate surface area is 265 Å². The van der Waals surface area contributed by atoms with Gasteiger partial charge in [-0.25, -0.2) is 14.1 Å². The number of fused-ring (bicyclic) bond motifs is 2. The van der Waals surface area contributed by atoms with Crippen LogP contribution in [0, 0.1) is 5.92 Å². The van der Waals surface area contributed by atoms with Crippen LogP contribution in [-0.4, -0.2) is 62.1 Å². The lowest BCUT2D eigenvalue weighted by atomic mass is 9.85. The summed E-state index contributed by atoms with van der Waals surface area (Å²) in [6, 6.07) is 18.7. The number of H-pyrrole nitrogens is 1. The second kappa shape index (κ2) is 12.9. The van der Waals surface area contributed by atoms with Crippen molar-refractivity contribution >= 4 is 36.0 Å². The maximum atomic E-state index is 14.5. The van der Waals surface area contributed by atoms with Crippen LogP contribution in [0.2, 0.25) is 0 Å². The molecule has 0 amide bonds. The van der Waals surface area contributed by atoms with Crippen LogP contribution in [0.15, 0.2) is 79.3 Å². The number of hydrogen-bond donors (Lipinski definition) is 4. The Morgan fingerprint density at radius 3 is 2.74 bits per heavy atom. The highest BCUT2D eigenvalue weighted by Crippen LogP contribution is 2.49. The Balaban J connectivity index is 1.26. The number of anilines is 1. The van der Waals surface area contributed by atoms with Crippen molar-refractivity contribution in [2.45, 2.75) is 51.0 Å². The van der Waals surface area contributed by atoms with Gasteiger partial charge in [0.15, 0.2) is 5.82 Å². The van der Waals surface area contributed by atoms with Gasteiger partial charge in [0.1, 0.15) is 35.3 Å².